The van der Waals surface area contributed by atoms with Crippen molar-refractivity contribution in [3.05, 3.63) is 148 Å². The van der Waals surface area contributed by atoms with Crippen molar-refractivity contribution in [2.75, 3.05) is 9.80 Å². The highest BCUT2D eigenvalue weighted by Crippen LogP contribution is 2.52. The van der Waals surface area contributed by atoms with Crippen LogP contribution >= 0.6 is 22.7 Å². The number of benzene rings is 6. The largest absolute Gasteiger partial charge is 0.311 e. The normalized spacial score (nSPS) is 13.9. The van der Waals surface area contributed by atoms with Crippen LogP contribution in [0.1, 0.15) is 107 Å². The molecule has 2 nitrogen and oxygen atoms in total. The van der Waals surface area contributed by atoms with Gasteiger partial charge in [-0.15, -0.1) is 22.7 Å². The van der Waals surface area contributed by atoms with Crippen molar-refractivity contribution in [3.8, 4) is 10.4 Å². The summed E-state index contributed by atoms with van der Waals surface area (Å²) in [6.45, 7) is 32.8. The first-order valence-electron chi connectivity index (χ1n) is 22.4. The summed E-state index contributed by atoms with van der Waals surface area (Å²) in [5.41, 5.74) is 22.5. The Hall–Kier alpha value is -5.10. The number of hydrogen-bond acceptors (Lipinski definition) is 4. The summed E-state index contributed by atoms with van der Waals surface area (Å²) in [6.07, 6.45) is 0. The van der Waals surface area contributed by atoms with E-state index >= 15 is 0 Å². The van der Waals surface area contributed by atoms with Crippen LogP contribution in [0.25, 0.3) is 30.6 Å². The first-order valence-corrected chi connectivity index (χ1v) is 24.0. The molecule has 0 aliphatic carbocycles. The van der Waals surface area contributed by atoms with Gasteiger partial charge < -0.3 is 9.80 Å². The van der Waals surface area contributed by atoms with Gasteiger partial charge in [0.15, 0.2) is 0 Å². The molecule has 0 fully saturated rings. The van der Waals surface area contributed by atoms with E-state index in [1.165, 1.54) is 125 Å². The van der Waals surface area contributed by atoms with Gasteiger partial charge in [-0.1, -0.05) is 111 Å². The summed E-state index contributed by atoms with van der Waals surface area (Å²) >= 11 is 3.89. The zero-order valence-corrected chi connectivity index (χ0v) is 40.7. The molecule has 0 atom stereocenters. The van der Waals surface area contributed by atoms with Crippen molar-refractivity contribution in [1.29, 1.82) is 0 Å². The number of nitrogens with zero attached hydrogens (tertiary/aromatic N) is 2. The van der Waals surface area contributed by atoms with Crippen LogP contribution in [0.5, 0.6) is 0 Å². The summed E-state index contributed by atoms with van der Waals surface area (Å²) in [6, 6.07) is 40.5. The number of hydrogen-bond donors (Lipinski definition) is 0. The Kier molecular flexibility index (Phi) is 9.21. The zero-order valence-electron chi connectivity index (χ0n) is 39.1. The van der Waals surface area contributed by atoms with E-state index in [0.29, 0.717) is 0 Å². The summed E-state index contributed by atoms with van der Waals surface area (Å²) in [7, 11) is 0. The summed E-state index contributed by atoms with van der Waals surface area (Å²) in [4.78, 5) is 6.65. The molecular formula is C57H59BN2S2. The van der Waals surface area contributed by atoms with E-state index in [1.807, 2.05) is 22.7 Å². The minimum absolute atomic E-state index is 0.0116. The Morgan fingerprint density at radius 1 is 0.468 bits per heavy atom. The number of anilines is 6. The average Bonchev–Trinajstić information content (AvgIpc) is 3.79. The monoisotopic (exact) mass is 846 g/mol. The molecule has 0 bridgehead atoms. The molecule has 0 N–H and O–H groups in total. The van der Waals surface area contributed by atoms with Crippen molar-refractivity contribution in [1.82, 2.24) is 0 Å². The summed E-state index contributed by atoms with van der Waals surface area (Å²) in [5, 5.41) is 2.66. The maximum absolute atomic E-state index is 2.70. The van der Waals surface area contributed by atoms with Crippen LogP contribution in [0.3, 0.4) is 0 Å². The van der Waals surface area contributed by atoms with Gasteiger partial charge in [0.1, 0.15) is 0 Å². The number of rotatable bonds is 3. The second-order valence-corrected chi connectivity index (χ2v) is 23.6. The van der Waals surface area contributed by atoms with Gasteiger partial charge in [0.05, 0.1) is 17.1 Å². The molecule has 2 aliphatic heterocycles. The predicted molar refractivity (Wildman–Crippen MR) is 276 cm³/mol. The van der Waals surface area contributed by atoms with Crippen molar-refractivity contribution >= 4 is 99.4 Å². The van der Waals surface area contributed by atoms with Gasteiger partial charge in [0, 0.05) is 41.5 Å². The Balaban J connectivity index is 1.30. The lowest BCUT2D eigenvalue weighted by Crippen LogP contribution is -2.60. The van der Waals surface area contributed by atoms with Crippen molar-refractivity contribution < 1.29 is 0 Å². The third kappa shape index (κ3) is 6.40. The lowest BCUT2D eigenvalue weighted by Gasteiger charge is -2.45. The van der Waals surface area contributed by atoms with Crippen LogP contribution in [-0.4, -0.2) is 6.71 Å². The van der Waals surface area contributed by atoms with Crippen LogP contribution in [0.15, 0.2) is 103 Å². The molecule has 8 aromatic rings. The molecule has 0 spiro atoms. The zero-order chi connectivity index (χ0) is 43.9. The fraction of sp³-hybridized carbons (Fsp3) is 0.298. The van der Waals surface area contributed by atoms with Gasteiger partial charge in [0.25, 0.3) is 6.71 Å². The molecule has 62 heavy (non-hydrogen) atoms. The Bertz CT molecular complexity index is 3080. The van der Waals surface area contributed by atoms with E-state index < -0.39 is 0 Å². The number of thiophene rings is 2. The molecular weight excluding hydrogens is 788 g/mol. The quantitative estimate of drug-likeness (QED) is 0.163. The second kappa shape index (κ2) is 14.0. The maximum Gasteiger partial charge on any atom is 0.264 e. The smallest absolute Gasteiger partial charge is 0.264 e. The molecule has 312 valence electrons. The summed E-state index contributed by atoms with van der Waals surface area (Å²) in [5.74, 6) is 0. The van der Waals surface area contributed by atoms with E-state index in [2.05, 4.69) is 210 Å². The van der Waals surface area contributed by atoms with Gasteiger partial charge in [-0.05, 0) is 172 Å². The van der Waals surface area contributed by atoms with E-state index in [-0.39, 0.29) is 23.0 Å². The highest BCUT2D eigenvalue weighted by atomic mass is 32.1. The summed E-state index contributed by atoms with van der Waals surface area (Å²) < 4.78 is 4.11. The third-order valence-electron chi connectivity index (χ3n) is 13.5. The van der Waals surface area contributed by atoms with Gasteiger partial charge in [0.2, 0.25) is 0 Å². The van der Waals surface area contributed by atoms with E-state index in [4.69, 9.17) is 0 Å². The highest BCUT2D eigenvalue weighted by Gasteiger charge is 2.46. The lowest BCUT2D eigenvalue weighted by molar-refractivity contribution is 0.589. The van der Waals surface area contributed by atoms with Crippen molar-refractivity contribution in [3.63, 3.8) is 0 Å². The predicted octanol–water partition coefficient (Wildman–Crippen LogP) is 15.3. The molecule has 2 aromatic heterocycles. The molecule has 10 rings (SSSR count). The molecule has 5 heteroatoms. The standard InChI is InChI=1S/C57H59BN2S2/c1-32-23-45-50-46(24-32)60(52-35(4)27-41(28-36(52)5)57(12,13)14)53-42-30-39(55(6,7)8)20-22-48(42)62-54(53)58(50)43-31-40(56(9,10)11)19-21-44(43)59(45)51-33(2)25-38(26-34(51)3)49-29-37-17-15-16-18-47(37)61-49/h15-31H,1-14H3. The van der Waals surface area contributed by atoms with Crippen LogP contribution < -0.4 is 25.5 Å². The number of aryl methyl sites for hydroxylation is 5. The average molecular weight is 847 g/mol. The number of fused-ring (bicyclic) bond motifs is 7. The Morgan fingerprint density at radius 3 is 1.66 bits per heavy atom. The minimum Gasteiger partial charge on any atom is -0.311 e. The Labute approximate surface area is 378 Å². The van der Waals surface area contributed by atoms with Crippen molar-refractivity contribution in [2.24, 2.45) is 0 Å². The molecule has 4 heterocycles. The molecule has 0 radical (unpaired) electrons. The topological polar surface area (TPSA) is 6.48 Å². The first kappa shape index (κ1) is 40.9. The van der Waals surface area contributed by atoms with E-state index in [1.54, 1.807) is 0 Å². The van der Waals surface area contributed by atoms with Crippen LogP contribution in [0.2, 0.25) is 0 Å². The molecule has 0 saturated heterocycles. The Morgan fingerprint density at radius 2 is 1.03 bits per heavy atom. The molecule has 0 amide bonds. The van der Waals surface area contributed by atoms with Gasteiger partial charge in [-0.3, -0.25) is 0 Å². The van der Waals surface area contributed by atoms with Gasteiger partial charge >= 0.3 is 0 Å². The minimum atomic E-state index is -0.0116. The first-order chi connectivity index (χ1) is 29.2. The SMILES string of the molecule is Cc1cc2c3c(c1)N(c1c(C)cc(C(C)(C)C)cc1C)c1c(sc4ccc(C(C)(C)C)cc14)B3c1cc(C(C)(C)C)ccc1N2c1c(C)cc(-c2cc3ccccc3s2)cc1C. The van der Waals surface area contributed by atoms with Crippen LogP contribution in [0, 0.1) is 34.6 Å². The highest BCUT2D eigenvalue weighted by molar-refractivity contribution is 7.33. The van der Waals surface area contributed by atoms with Crippen LogP contribution in [0.4, 0.5) is 34.1 Å². The van der Waals surface area contributed by atoms with E-state index in [0.717, 1.165) is 0 Å². The van der Waals surface area contributed by atoms with Gasteiger partial charge in [-0.2, -0.15) is 0 Å². The molecule has 0 saturated carbocycles. The molecule has 0 unspecified atom stereocenters. The fourth-order valence-electron chi connectivity index (χ4n) is 10.3. The van der Waals surface area contributed by atoms with Gasteiger partial charge in [-0.25, -0.2) is 0 Å². The second-order valence-electron chi connectivity index (χ2n) is 21.4. The molecule has 6 aromatic carbocycles. The molecule has 2 aliphatic rings. The van der Waals surface area contributed by atoms with Crippen LogP contribution in [-0.2, 0) is 16.2 Å². The third-order valence-corrected chi connectivity index (χ3v) is 15.9. The van der Waals surface area contributed by atoms with E-state index in [9.17, 15) is 0 Å². The lowest BCUT2D eigenvalue weighted by atomic mass is 9.36. The fourth-order valence-corrected chi connectivity index (χ4v) is 12.7. The van der Waals surface area contributed by atoms with Crippen molar-refractivity contribution in [2.45, 2.75) is 113 Å². The maximum atomic E-state index is 2.70.